The highest BCUT2D eigenvalue weighted by Gasteiger charge is 2.31. The molecular formula is C18H32. The van der Waals surface area contributed by atoms with Crippen LogP contribution in [0.4, 0.5) is 0 Å². The summed E-state index contributed by atoms with van der Waals surface area (Å²) in [7, 11) is 0. The maximum Gasteiger partial charge on any atom is -0.0119 e. The van der Waals surface area contributed by atoms with E-state index in [-0.39, 0.29) is 0 Å². The van der Waals surface area contributed by atoms with Crippen LogP contribution in [0, 0.1) is 22.7 Å². The minimum atomic E-state index is 0.472. The van der Waals surface area contributed by atoms with E-state index in [1.165, 1.54) is 12.8 Å². The lowest BCUT2D eigenvalue weighted by Gasteiger charge is -2.26. The number of allylic oxidation sites excluding steroid dienone is 4. The van der Waals surface area contributed by atoms with Gasteiger partial charge in [0.15, 0.2) is 0 Å². The summed E-state index contributed by atoms with van der Waals surface area (Å²) in [6.45, 7) is 18.5. The largest absolute Gasteiger partial charge is 0.0848 e. The van der Waals surface area contributed by atoms with Crippen molar-refractivity contribution in [1.29, 1.82) is 0 Å². The van der Waals surface area contributed by atoms with E-state index in [0.29, 0.717) is 10.8 Å². The van der Waals surface area contributed by atoms with Gasteiger partial charge in [-0.15, -0.1) is 0 Å². The van der Waals surface area contributed by atoms with Crippen molar-refractivity contribution in [2.45, 2.75) is 68.2 Å². The summed E-state index contributed by atoms with van der Waals surface area (Å²) >= 11 is 0. The lowest BCUT2D eigenvalue weighted by atomic mass is 9.79. The van der Waals surface area contributed by atoms with Gasteiger partial charge in [-0.1, -0.05) is 64.8 Å². The van der Waals surface area contributed by atoms with Crippen molar-refractivity contribution in [2.75, 3.05) is 0 Å². The minimum Gasteiger partial charge on any atom is -0.0848 e. The second kappa shape index (κ2) is 5.23. The fourth-order valence-electron chi connectivity index (χ4n) is 2.60. The molecule has 0 N–H and O–H groups in total. The molecule has 2 unspecified atom stereocenters. The van der Waals surface area contributed by atoms with Crippen molar-refractivity contribution in [3.8, 4) is 0 Å². The Hall–Kier alpha value is -0.520. The first-order valence-electron chi connectivity index (χ1n) is 7.44. The monoisotopic (exact) mass is 248 g/mol. The fourth-order valence-corrected chi connectivity index (χ4v) is 2.60. The van der Waals surface area contributed by atoms with Gasteiger partial charge in [0.1, 0.15) is 0 Å². The van der Waals surface area contributed by atoms with E-state index in [0.717, 1.165) is 11.8 Å². The van der Waals surface area contributed by atoms with Crippen molar-refractivity contribution >= 4 is 0 Å². The molecule has 2 atom stereocenters. The van der Waals surface area contributed by atoms with Crippen LogP contribution >= 0.6 is 0 Å². The smallest absolute Gasteiger partial charge is 0.0119 e. The van der Waals surface area contributed by atoms with Crippen LogP contribution in [-0.2, 0) is 0 Å². The van der Waals surface area contributed by atoms with Gasteiger partial charge in [0, 0.05) is 0 Å². The Morgan fingerprint density at radius 1 is 0.778 bits per heavy atom. The third kappa shape index (κ3) is 2.90. The normalized spacial score (nSPS) is 32.4. The molecule has 0 bridgehead atoms. The quantitative estimate of drug-likeness (QED) is 0.461. The summed E-state index contributed by atoms with van der Waals surface area (Å²) in [4.78, 5) is 0. The predicted molar refractivity (Wildman–Crippen MR) is 82.6 cm³/mol. The molecule has 18 heavy (non-hydrogen) atoms. The van der Waals surface area contributed by atoms with Gasteiger partial charge in [-0.2, -0.15) is 0 Å². The third-order valence-corrected chi connectivity index (χ3v) is 6.05. The van der Waals surface area contributed by atoms with E-state index in [9.17, 15) is 0 Å². The molecule has 0 fully saturated rings. The van der Waals surface area contributed by atoms with Crippen LogP contribution in [0.15, 0.2) is 23.3 Å². The molecule has 2 aliphatic rings. The van der Waals surface area contributed by atoms with Crippen LogP contribution in [-0.4, -0.2) is 0 Å². The molecule has 0 heteroatoms. The zero-order valence-electron chi connectivity index (χ0n) is 13.7. The zero-order chi connectivity index (χ0) is 14.1. The Balaban J connectivity index is 0.000000180. The van der Waals surface area contributed by atoms with Gasteiger partial charge in [0.25, 0.3) is 0 Å². The van der Waals surface area contributed by atoms with Crippen LogP contribution < -0.4 is 0 Å². The molecule has 0 amide bonds. The van der Waals surface area contributed by atoms with E-state index in [4.69, 9.17) is 0 Å². The summed E-state index contributed by atoms with van der Waals surface area (Å²) in [5.74, 6) is 1.69. The molecule has 0 saturated heterocycles. The Morgan fingerprint density at radius 2 is 1.06 bits per heavy atom. The second-order valence-corrected chi connectivity index (χ2v) is 7.49. The molecule has 0 aliphatic heterocycles. The van der Waals surface area contributed by atoms with Crippen LogP contribution in [0.25, 0.3) is 0 Å². The molecule has 0 nitrogen and oxygen atoms in total. The molecule has 2 aliphatic carbocycles. The maximum absolute atomic E-state index is 2.37. The van der Waals surface area contributed by atoms with Crippen LogP contribution in [0.2, 0.25) is 0 Å². The van der Waals surface area contributed by atoms with Gasteiger partial charge in [-0.25, -0.2) is 0 Å². The minimum absolute atomic E-state index is 0.472. The molecule has 2 rings (SSSR count). The first-order valence-corrected chi connectivity index (χ1v) is 7.44. The van der Waals surface area contributed by atoms with Gasteiger partial charge < -0.3 is 0 Å². The van der Waals surface area contributed by atoms with Crippen LogP contribution in [0.5, 0.6) is 0 Å². The molecular weight excluding hydrogens is 216 g/mol. The van der Waals surface area contributed by atoms with Gasteiger partial charge in [0.05, 0.1) is 0 Å². The number of rotatable bonds is 0. The molecule has 0 aromatic heterocycles. The van der Waals surface area contributed by atoms with Crippen molar-refractivity contribution in [3.05, 3.63) is 23.3 Å². The van der Waals surface area contributed by atoms with E-state index in [1.807, 2.05) is 0 Å². The average Bonchev–Trinajstić information content (AvgIpc) is 2.65. The molecule has 0 aromatic rings. The molecule has 0 spiro atoms. The molecule has 0 aromatic carbocycles. The van der Waals surface area contributed by atoms with Gasteiger partial charge >= 0.3 is 0 Å². The van der Waals surface area contributed by atoms with E-state index in [2.05, 4.69) is 67.5 Å². The zero-order valence-corrected chi connectivity index (χ0v) is 13.7. The van der Waals surface area contributed by atoms with Gasteiger partial charge in [0.2, 0.25) is 0 Å². The third-order valence-electron chi connectivity index (χ3n) is 6.05. The van der Waals surface area contributed by atoms with Gasteiger partial charge in [-0.05, 0) is 49.4 Å². The Bertz CT molecular complexity index is 316. The molecule has 0 radical (unpaired) electrons. The Morgan fingerprint density at radius 3 is 1.11 bits per heavy atom. The van der Waals surface area contributed by atoms with Crippen molar-refractivity contribution < 1.29 is 0 Å². The Kier molecular flexibility index (Phi) is 4.51. The van der Waals surface area contributed by atoms with Crippen LogP contribution in [0.3, 0.4) is 0 Å². The Labute approximate surface area is 115 Å². The first-order chi connectivity index (χ1) is 8.10. The predicted octanol–water partition coefficient (Wildman–Crippen LogP) is 6.00. The van der Waals surface area contributed by atoms with E-state index in [1.54, 1.807) is 11.1 Å². The molecule has 0 saturated carbocycles. The summed E-state index contributed by atoms with van der Waals surface area (Å²) in [6, 6.07) is 0. The number of hydrogen-bond acceptors (Lipinski definition) is 0. The standard InChI is InChI=1S/2C9H16/c2*1-7-5-6-8(2)9(7,3)4/h2*5,8H,6H2,1-4H3. The van der Waals surface area contributed by atoms with Crippen molar-refractivity contribution in [2.24, 2.45) is 22.7 Å². The highest BCUT2D eigenvalue weighted by atomic mass is 14.4. The first kappa shape index (κ1) is 15.5. The van der Waals surface area contributed by atoms with Gasteiger partial charge in [-0.3, -0.25) is 0 Å². The lowest BCUT2D eigenvalue weighted by Crippen LogP contribution is -2.16. The summed E-state index contributed by atoms with van der Waals surface area (Å²) < 4.78 is 0. The SMILES string of the molecule is CC1=CCC(C)C1(C)C.CC1=CCC(C)C1(C)C. The second-order valence-electron chi connectivity index (χ2n) is 7.49. The maximum atomic E-state index is 2.37. The van der Waals surface area contributed by atoms with Crippen LogP contribution in [0.1, 0.15) is 68.2 Å². The highest BCUT2D eigenvalue weighted by Crippen LogP contribution is 2.42. The molecule has 0 heterocycles. The summed E-state index contributed by atoms with van der Waals surface area (Å²) in [5.41, 5.74) is 4.07. The molecule has 104 valence electrons. The summed E-state index contributed by atoms with van der Waals surface area (Å²) in [5, 5.41) is 0. The van der Waals surface area contributed by atoms with Crippen molar-refractivity contribution in [1.82, 2.24) is 0 Å². The average molecular weight is 248 g/mol. The fraction of sp³-hybridized carbons (Fsp3) is 0.778. The lowest BCUT2D eigenvalue weighted by molar-refractivity contribution is 0.317. The van der Waals surface area contributed by atoms with Crippen molar-refractivity contribution in [3.63, 3.8) is 0 Å². The van der Waals surface area contributed by atoms with E-state index >= 15 is 0 Å². The topological polar surface area (TPSA) is 0 Å². The van der Waals surface area contributed by atoms with E-state index < -0.39 is 0 Å². The summed E-state index contributed by atoms with van der Waals surface area (Å²) in [6.07, 6.45) is 7.28. The highest BCUT2D eigenvalue weighted by molar-refractivity contribution is 5.17. The number of hydrogen-bond donors (Lipinski definition) is 0.